The number of benzene rings is 2. The van der Waals surface area contributed by atoms with Crippen molar-refractivity contribution in [2.24, 2.45) is 0 Å². The molecule has 6 heteroatoms. The van der Waals surface area contributed by atoms with Crippen LogP contribution in [0, 0.1) is 6.07 Å². The Morgan fingerprint density at radius 3 is 2.14 bits per heavy atom. The van der Waals surface area contributed by atoms with Gasteiger partial charge in [0.05, 0.1) is 13.2 Å². The van der Waals surface area contributed by atoms with Crippen LogP contribution in [0.2, 0.25) is 15.1 Å². The molecule has 0 N–H and O–H groups in total. The van der Waals surface area contributed by atoms with E-state index in [1.54, 1.807) is 24.3 Å². The van der Waals surface area contributed by atoms with Crippen LogP contribution in [-0.2, 0) is 15.3 Å². The van der Waals surface area contributed by atoms with Crippen molar-refractivity contribution in [3.8, 4) is 0 Å². The molecule has 0 saturated carbocycles. The van der Waals surface area contributed by atoms with E-state index in [1.165, 1.54) is 0 Å². The first-order chi connectivity index (χ1) is 9.62. The van der Waals surface area contributed by atoms with E-state index in [-0.39, 0.29) is 18.9 Å². The first-order valence-electron chi connectivity index (χ1n) is 6.03. The summed E-state index contributed by atoms with van der Waals surface area (Å²) >= 11 is 17.9. The SMILES string of the molecule is Clc1ccc(C2(c3c[c-]c(Cl)c(Cl)c3)OCCO2)cc1.[Li+]. The third-order valence-electron chi connectivity index (χ3n) is 3.14. The van der Waals surface area contributed by atoms with E-state index in [0.717, 1.165) is 11.1 Å². The quantitative estimate of drug-likeness (QED) is 0.614. The first-order valence-corrected chi connectivity index (χ1v) is 7.16. The zero-order valence-corrected chi connectivity index (χ0v) is 13.6. The molecule has 0 bridgehead atoms. The number of hydrogen-bond donors (Lipinski definition) is 0. The molecule has 3 rings (SSSR count). The van der Waals surface area contributed by atoms with Gasteiger partial charge in [0.25, 0.3) is 0 Å². The molecule has 0 unspecified atom stereocenters. The summed E-state index contributed by atoms with van der Waals surface area (Å²) in [7, 11) is 0. The molecular weight excluding hydrogens is 325 g/mol. The minimum absolute atomic E-state index is 0. The Balaban J connectivity index is 0.00000161. The molecule has 0 amide bonds. The minimum atomic E-state index is -0.977. The van der Waals surface area contributed by atoms with Crippen molar-refractivity contribution in [3.63, 3.8) is 0 Å². The van der Waals surface area contributed by atoms with Crippen LogP contribution >= 0.6 is 34.8 Å². The van der Waals surface area contributed by atoms with Crippen LogP contribution in [0.4, 0.5) is 0 Å². The summed E-state index contributed by atoms with van der Waals surface area (Å²) in [6.45, 7) is 1.01. The van der Waals surface area contributed by atoms with Crippen molar-refractivity contribution >= 4 is 34.8 Å². The van der Waals surface area contributed by atoms with E-state index in [0.29, 0.717) is 28.3 Å². The molecule has 104 valence electrons. The molecule has 2 aromatic rings. The van der Waals surface area contributed by atoms with Crippen molar-refractivity contribution < 1.29 is 28.3 Å². The zero-order chi connectivity index (χ0) is 14.2. The Bertz CT molecular complexity index is 625. The maximum absolute atomic E-state index is 6.07. The van der Waals surface area contributed by atoms with Gasteiger partial charge < -0.3 is 9.47 Å². The van der Waals surface area contributed by atoms with Gasteiger partial charge in [0, 0.05) is 10.6 Å². The van der Waals surface area contributed by atoms with E-state index in [2.05, 4.69) is 6.07 Å². The van der Waals surface area contributed by atoms with Gasteiger partial charge in [-0.25, -0.2) is 0 Å². The van der Waals surface area contributed by atoms with Crippen LogP contribution in [0.1, 0.15) is 11.1 Å². The number of rotatable bonds is 2. The fourth-order valence-electron chi connectivity index (χ4n) is 2.22. The molecule has 0 atom stereocenters. The molecule has 0 aromatic heterocycles. The van der Waals surface area contributed by atoms with Crippen molar-refractivity contribution in [1.29, 1.82) is 0 Å². The number of halogens is 3. The monoisotopic (exact) mass is 334 g/mol. The van der Waals surface area contributed by atoms with E-state index in [1.807, 2.05) is 12.1 Å². The standard InChI is InChI=1S/C15H10Cl3O2.Li/c16-12-4-1-10(2-5-12)15(19-7-8-20-15)11-3-6-13(17)14(18)9-11;/h1-5,9H,7-8H2;/q-1;+1. The average Bonchev–Trinajstić information content (AvgIpc) is 2.93. The molecule has 1 fully saturated rings. The molecule has 1 saturated heterocycles. The molecule has 1 aliphatic rings. The average molecular weight is 336 g/mol. The number of ether oxygens (including phenoxy) is 2. The molecule has 2 aromatic carbocycles. The molecule has 2 nitrogen and oxygen atoms in total. The van der Waals surface area contributed by atoms with Gasteiger partial charge in [0.2, 0.25) is 0 Å². The minimum Gasteiger partial charge on any atom is -0.350 e. The van der Waals surface area contributed by atoms with Crippen molar-refractivity contribution in [3.05, 3.63) is 68.7 Å². The topological polar surface area (TPSA) is 18.5 Å². The Hall–Kier alpha value is -0.173. The van der Waals surface area contributed by atoms with Crippen molar-refractivity contribution in [1.82, 2.24) is 0 Å². The molecule has 0 radical (unpaired) electrons. The van der Waals surface area contributed by atoms with Crippen LogP contribution in [0.5, 0.6) is 0 Å². The van der Waals surface area contributed by atoms with Crippen LogP contribution in [0.25, 0.3) is 0 Å². The van der Waals surface area contributed by atoms with Gasteiger partial charge in [0.1, 0.15) is 0 Å². The smallest absolute Gasteiger partial charge is 0.350 e. The summed E-state index contributed by atoms with van der Waals surface area (Å²) in [5.74, 6) is -0.977. The fraction of sp³-hybridized carbons (Fsp3) is 0.200. The van der Waals surface area contributed by atoms with E-state index in [4.69, 9.17) is 44.3 Å². The summed E-state index contributed by atoms with van der Waals surface area (Å²) < 4.78 is 11.7. The van der Waals surface area contributed by atoms with Gasteiger partial charge in [-0.2, -0.15) is 23.7 Å². The summed E-state index contributed by atoms with van der Waals surface area (Å²) in [6, 6.07) is 13.7. The predicted octanol–water partition coefficient (Wildman–Crippen LogP) is 1.70. The molecular formula is C15H10Cl3LiO2. The van der Waals surface area contributed by atoms with Gasteiger partial charge in [-0.3, -0.25) is 0 Å². The maximum atomic E-state index is 6.07. The number of hydrogen-bond acceptors (Lipinski definition) is 2. The largest absolute Gasteiger partial charge is 1.00 e. The molecule has 21 heavy (non-hydrogen) atoms. The molecule has 1 heterocycles. The van der Waals surface area contributed by atoms with Gasteiger partial charge in [-0.15, -0.1) is 17.7 Å². The van der Waals surface area contributed by atoms with Gasteiger partial charge >= 0.3 is 18.9 Å². The van der Waals surface area contributed by atoms with E-state index >= 15 is 0 Å². The van der Waals surface area contributed by atoms with Gasteiger partial charge in [-0.05, 0) is 12.1 Å². The normalized spacial score (nSPS) is 16.5. The second kappa shape index (κ2) is 6.94. The van der Waals surface area contributed by atoms with Gasteiger partial charge in [-0.1, -0.05) is 39.3 Å². The van der Waals surface area contributed by atoms with Crippen LogP contribution in [0.3, 0.4) is 0 Å². The van der Waals surface area contributed by atoms with Crippen molar-refractivity contribution in [2.75, 3.05) is 13.2 Å². The van der Waals surface area contributed by atoms with Crippen molar-refractivity contribution in [2.45, 2.75) is 5.79 Å². The third kappa shape index (κ3) is 3.28. The Morgan fingerprint density at radius 2 is 1.57 bits per heavy atom. The van der Waals surface area contributed by atoms with E-state index < -0.39 is 5.79 Å². The summed E-state index contributed by atoms with van der Waals surface area (Å²) in [5.41, 5.74) is 1.61. The Labute approximate surface area is 150 Å². The molecule has 1 aliphatic heterocycles. The molecule has 0 spiro atoms. The third-order valence-corrected chi connectivity index (χ3v) is 4.10. The Morgan fingerprint density at radius 1 is 0.952 bits per heavy atom. The summed E-state index contributed by atoms with van der Waals surface area (Å²) in [4.78, 5) is 0. The maximum Gasteiger partial charge on any atom is 1.00 e. The van der Waals surface area contributed by atoms with Gasteiger partial charge in [0.15, 0.2) is 5.79 Å². The first kappa shape index (κ1) is 17.2. The van der Waals surface area contributed by atoms with Crippen LogP contribution in [0.15, 0.2) is 36.4 Å². The molecule has 0 aliphatic carbocycles. The predicted molar refractivity (Wildman–Crippen MR) is 79.4 cm³/mol. The van der Waals surface area contributed by atoms with Crippen LogP contribution < -0.4 is 18.9 Å². The second-order valence-electron chi connectivity index (χ2n) is 4.37. The summed E-state index contributed by atoms with van der Waals surface area (Å²) in [6.07, 6.45) is 0. The zero-order valence-electron chi connectivity index (χ0n) is 11.3. The second-order valence-corrected chi connectivity index (χ2v) is 5.59. The van der Waals surface area contributed by atoms with E-state index in [9.17, 15) is 0 Å². The van der Waals surface area contributed by atoms with Crippen LogP contribution in [-0.4, -0.2) is 13.2 Å². The summed E-state index contributed by atoms with van der Waals surface area (Å²) in [5, 5.41) is 1.44. The Kier molecular flexibility index (Phi) is 5.68. The fourth-order valence-corrected chi connectivity index (χ4v) is 2.63.